The zero-order chi connectivity index (χ0) is 14.4. The van der Waals surface area contributed by atoms with E-state index < -0.39 is 0 Å². The van der Waals surface area contributed by atoms with Gasteiger partial charge in [0.2, 0.25) is 0 Å². The molecule has 0 aliphatic rings. The van der Waals surface area contributed by atoms with Gasteiger partial charge in [0.1, 0.15) is 5.82 Å². The lowest BCUT2D eigenvalue weighted by Crippen LogP contribution is -2.22. The lowest BCUT2D eigenvalue weighted by Gasteiger charge is -2.16. The van der Waals surface area contributed by atoms with Crippen molar-refractivity contribution in [2.24, 2.45) is 5.92 Å². The van der Waals surface area contributed by atoms with Crippen LogP contribution in [0, 0.1) is 11.7 Å². The van der Waals surface area contributed by atoms with Gasteiger partial charge in [-0.3, -0.25) is 0 Å². The van der Waals surface area contributed by atoms with Crippen molar-refractivity contribution in [3.63, 3.8) is 0 Å². The van der Waals surface area contributed by atoms with Crippen LogP contribution in [0.25, 0.3) is 0 Å². The number of thiophene rings is 1. The Labute approximate surface area is 124 Å². The molecular formula is C17H22FNS. The molecule has 0 bridgehead atoms. The average molecular weight is 291 g/mol. The van der Waals surface area contributed by atoms with Crippen molar-refractivity contribution in [2.75, 3.05) is 13.6 Å². The summed E-state index contributed by atoms with van der Waals surface area (Å²) in [5.74, 6) is 0.342. The number of rotatable bonds is 7. The summed E-state index contributed by atoms with van der Waals surface area (Å²) in [6, 6.07) is 11.5. The van der Waals surface area contributed by atoms with E-state index in [1.165, 1.54) is 9.75 Å². The van der Waals surface area contributed by atoms with Crippen molar-refractivity contribution in [2.45, 2.75) is 26.2 Å². The molecule has 0 aliphatic heterocycles. The van der Waals surface area contributed by atoms with Gasteiger partial charge in [-0.1, -0.05) is 25.1 Å². The van der Waals surface area contributed by atoms with Crippen molar-refractivity contribution in [1.82, 2.24) is 5.32 Å². The SMILES string of the molecule is CCc1ccc(CC(CNC)Cc2ccccc2F)s1. The van der Waals surface area contributed by atoms with Crippen LogP contribution in [0.15, 0.2) is 36.4 Å². The molecule has 0 radical (unpaired) electrons. The first-order valence-electron chi connectivity index (χ1n) is 7.18. The number of halogens is 1. The Hall–Kier alpha value is -1.19. The number of aryl methyl sites for hydroxylation is 1. The second-order valence-electron chi connectivity index (χ2n) is 5.14. The highest BCUT2D eigenvalue weighted by atomic mass is 32.1. The Morgan fingerprint density at radius 2 is 1.85 bits per heavy atom. The summed E-state index contributed by atoms with van der Waals surface area (Å²) in [7, 11) is 1.96. The Kier molecular flexibility index (Phi) is 5.74. The molecule has 1 N–H and O–H groups in total. The van der Waals surface area contributed by atoms with E-state index in [0.29, 0.717) is 5.92 Å². The first kappa shape index (κ1) is 15.2. The molecule has 3 heteroatoms. The summed E-state index contributed by atoms with van der Waals surface area (Å²) in [6.07, 6.45) is 2.89. The Bertz CT molecular complexity index is 535. The monoisotopic (exact) mass is 291 g/mol. The van der Waals surface area contributed by atoms with E-state index in [4.69, 9.17) is 0 Å². The first-order valence-corrected chi connectivity index (χ1v) is 8.00. The molecule has 1 aromatic carbocycles. The molecule has 1 unspecified atom stereocenters. The highest BCUT2D eigenvalue weighted by molar-refractivity contribution is 7.11. The van der Waals surface area contributed by atoms with E-state index in [1.54, 1.807) is 12.1 Å². The zero-order valence-electron chi connectivity index (χ0n) is 12.2. The lowest BCUT2D eigenvalue weighted by atomic mass is 9.95. The highest BCUT2D eigenvalue weighted by Crippen LogP contribution is 2.22. The normalized spacial score (nSPS) is 12.6. The second-order valence-corrected chi connectivity index (χ2v) is 6.40. The lowest BCUT2D eigenvalue weighted by molar-refractivity contribution is 0.482. The Morgan fingerprint density at radius 3 is 2.50 bits per heavy atom. The quantitative estimate of drug-likeness (QED) is 0.811. The van der Waals surface area contributed by atoms with Crippen molar-refractivity contribution in [3.05, 3.63) is 57.5 Å². The van der Waals surface area contributed by atoms with Crippen LogP contribution in [0.1, 0.15) is 22.2 Å². The molecule has 1 nitrogen and oxygen atoms in total. The van der Waals surface area contributed by atoms with Crippen molar-refractivity contribution < 1.29 is 4.39 Å². The average Bonchev–Trinajstić information content (AvgIpc) is 2.89. The largest absolute Gasteiger partial charge is 0.319 e. The van der Waals surface area contributed by atoms with Crippen LogP contribution in [-0.2, 0) is 19.3 Å². The molecule has 2 aromatic rings. The van der Waals surface area contributed by atoms with E-state index in [1.807, 2.05) is 30.5 Å². The van der Waals surface area contributed by atoms with Gasteiger partial charge in [0, 0.05) is 9.75 Å². The van der Waals surface area contributed by atoms with Crippen LogP contribution in [0.5, 0.6) is 0 Å². The molecule has 1 atom stereocenters. The molecule has 1 heterocycles. The summed E-state index contributed by atoms with van der Waals surface area (Å²) >= 11 is 1.88. The van der Waals surface area contributed by atoms with Gasteiger partial charge in [0.15, 0.2) is 0 Å². The fourth-order valence-electron chi connectivity index (χ4n) is 2.49. The summed E-state index contributed by atoms with van der Waals surface area (Å²) < 4.78 is 13.8. The van der Waals surface area contributed by atoms with E-state index >= 15 is 0 Å². The molecule has 0 aliphatic carbocycles. The van der Waals surface area contributed by atoms with Crippen LogP contribution < -0.4 is 5.32 Å². The highest BCUT2D eigenvalue weighted by Gasteiger charge is 2.13. The molecular weight excluding hydrogens is 269 g/mol. The number of nitrogens with one attached hydrogen (secondary N) is 1. The van der Waals surface area contributed by atoms with Crippen LogP contribution in [0.3, 0.4) is 0 Å². The molecule has 1 aromatic heterocycles. The third kappa shape index (κ3) is 4.15. The minimum atomic E-state index is -0.0889. The summed E-state index contributed by atoms with van der Waals surface area (Å²) in [5.41, 5.74) is 0.819. The maximum absolute atomic E-state index is 13.8. The minimum Gasteiger partial charge on any atom is -0.319 e. The van der Waals surface area contributed by atoms with Gasteiger partial charge >= 0.3 is 0 Å². The van der Waals surface area contributed by atoms with Gasteiger partial charge < -0.3 is 5.32 Å². The standard InChI is InChI=1S/C17H22FNS/c1-3-15-8-9-16(20-15)11-13(12-19-2)10-14-6-4-5-7-17(14)18/h4-9,13,19H,3,10-12H2,1-2H3. The fraction of sp³-hybridized carbons (Fsp3) is 0.412. The molecule has 0 saturated heterocycles. The van der Waals surface area contributed by atoms with Crippen LogP contribution in [0.4, 0.5) is 4.39 Å². The van der Waals surface area contributed by atoms with E-state index in [9.17, 15) is 4.39 Å². The van der Waals surface area contributed by atoms with E-state index in [0.717, 1.165) is 31.4 Å². The van der Waals surface area contributed by atoms with Crippen LogP contribution in [-0.4, -0.2) is 13.6 Å². The maximum atomic E-state index is 13.8. The smallest absolute Gasteiger partial charge is 0.126 e. The number of benzene rings is 1. The molecule has 20 heavy (non-hydrogen) atoms. The van der Waals surface area contributed by atoms with Gasteiger partial charge in [-0.25, -0.2) is 4.39 Å². The van der Waals surface area contributed by atoms with Gasteiger partial charge in [0.05, 0.1) is 0 Å². The first-order chi connectivity index (χ1) is 9.72. The maximum Gasteiger partial charge on any atom is 0.126 e. The van der Waals surface area contributed by atoms with Crippen LogP contribution >= 0.6 is 11.3 Å². The summed E-state index contributed by atoms with van der Waals surface area (Å²) in [4.78, 5) is 2.83. The molecule has 0 spiro atoms. The van der Waals surface area contributed by atoms with Crippen LogP contribution in [0.2, 0.25) is 0 Å². The third-order valence-corrected chi connectivity index (χ3v) is 4.77. The van der Waals surface area contributed by atoms with Gasteiger partial charge in [-0.2, -0.15) is 0 Å². The molecule has 0 fully saturated rings. The van der Waals surface area contributed by atoms with Crippen molar-refractivity contribution >= 4 is 11.3 Å². The molecule has 2 rings (SSSR count). The molecule has 0 saturated carbocycles. The fourth-order valence-corrected chi connectivity index (χ4v) is 3.56. The van der Waals surface area contributed by atoms with E-state index in [2.05, 4.69) is 24.4 Å². The number of hydrogen-bond donors (Lipinski definition) is 1. The second kappa shape index (κ2) is 7.55. The van der Waals surface area contributed by atoms with Gasteiger partial charge in [-0.15, -0.1) is 11.3 Å². The predicted molar refractivity (Wildman–Crippen MR) is 84.9 cm³/mol. The van der Waals surface area contributed by atoms with E-state index in [-0.39, 0.29) is 5.82 Å². The Morgan fingerprint density at radius 1 is 1.10 bits per heavy atom. The minimum absolute atomic E-state index is 0.0889. The molecule has 0 amide bonds. The number of hydrogen-bond acceptors (Lipinski definition) is 2. The van der Waals surface area contributed by atoms with Gasteiger partial charge in [0.25, 0.3) is 0 Å². The van der Waals surface area contributed by atoms with Crippen molar-refractivity contribution in [1.29, 1.82) is 0 Å². The van der Waals surface area contributed by atoms with Gasteiger partial charge in [-0.05, 0) is 62.5 Å². The zero-order valence-corrected chi connectivity index (χ0v) is 13.0. The topological polar surface area (TPSA) is 12.0 Å². The predicted octanol–water partition coefficient (Wildman–Crippen LogP) is 4.07. The molecule has 108 valence electrons. The summed E-state index contributed by atoms with van der Waals surface area (Å²) in [6.45, 7) is 3.09. The van der Waals surface area contributed by atoms with Crippen molar-refractivity contribution in [3.8, 4) is 0 Å². The third-order valence-electron chi connectivity index (χ3n) is 3.51. The summed E-state index contributed by atoms with van der Waals surface area (Å²) in [5, 5.41) is 3.23. The Balaban J connectivity index is 2.05.